The maximum atomic E-state index is 11.9. The number of rotatable bonds is 9. The van der Waals surface area contributed by atoms with E-state index < -0.39 is 86.0 Å². The van der Waals surface area contributed by atoms with Crippen LogP contribution in [0.15, 0.2) is 0 Å². The third-order valence-electron chi connectivity index (χ3n) is 18.2. The third kappa shape index (κ3) is 5.93. The van der Waals surface area contributed by atoms with Crippen LogP contribution in [0, 0.1) is 50.7 Å². The van der Waals surface area contributed by atoms with Crippen LogP contribution in [0.2, 0.25) is 0 Å². The Morgan fingerprint density at radius 2 is 1.25 bits per heavy atom. The summed E-state index contributed by atoms with van der Waals surface area (Å²) < 4.78 is 30.1. The Morgan fingerprint density at radius 1 is 0.625 bits per heavy atom. The standard InChI is InChI=1S/C42H70O14/c1-36(2)13-16-42(51,56-36)22(17-43)21-9-11-39(6)26-8-7-25-37(3,4)27(10-12-40(25)20-41(26,40)15-14-38(21,39)5)55-35-33(50)31(48)29(46)24(54-35)19-52-34-32(49)30(47)28(45)23(18-44)53-34/h21-35,43-51H,7-20H2,1-6H3/t21-,22+,23-,24-,25+,26+,27+,28-,29-,30+,31+,32-,33-,34-,35+,38-,39+,40-,41+,42-/m1/s1. The average molecular weight is 799 g/mol. The highest BCUT2D eigenvalue weighted by Crippen LogP contribution is 2.89. The second-order valence-corrected chi connectivity index (χ2v) is 21.2. The summed E-state index contributed by atoms with van der Waals surface area (Å²) in [5.41, 5.74) is -0.255. The Labute approximate surface area is 330 Å². The van der Waals surface area contributed by atoms with Crippen molar-refractivity contribution < 1.29 is 69.6 Å². The first-order chi connectivity index (χ1) is 26.2. The fraction of sp³-hybridized carbons (Fsp3) is 1.00. The second kappa shape index (κ2) is 14.0. The summed E-state index contributed by atoms with van der Waals surface area (Å²) in [4.78, 5) is 0. The topological polar surface area (TPSA) is 228 Å². The van der Waals surface area contributed by atoms with Gasteiger partial charge in [0.2, 0.25) is 0 Å². The molecule has 14 nitrogen and oxygen atoms in total. The van der Waals surface area contributed by atoms with Crippen LogP contribution in [-0.2, 0) is 23.7 Å². The first-order valence-corrected chi connectivity index (χ1v) is 21.5. The summed E-state index contributed by atoms with van der Waals surface area (Å²) in [6, 6.07) is 0. The smallest absolute Gasteiger partial charge is 0.186 e. The van der Waals surface area contributed by atoms with Gasteiger partial charge in [0.25, 0.3) is 0 Å². The van der Waals surface area contributed by atoms with Crippen molar-refractivity contribution in [2.24, 2.45) is 50.7 Å². The van der Waals surface area contributed by atoms with E-state index in [1.807, 2.05) is 13.8 Å². The molecular weight excluding hydrogens is 728 g/mol. The van der Waals surface area contributed by atoms with Gasteiger partial charge < -0.3 is 69.6 Å². The lowest BCUT2D eigenvalue weighted by Crippen LogP contribution is -2.63. The van der Waals surface area contributed by atoms with Crippen LogP contribution < -0.4 is 0 Å². The molecule has 20 atom stereocenters. The summed E-state index contributed by atoms with van der Waals surface area (Å²) >= 11 is 0. The maximum Gasteiger partial charge on any atom is 0.186 e. The van der Waals surface area contributed by atoms with Gasteiger partial charge in [0.05, 0.1) is 31.5 Å². The molecule has 8 rings (SSSR count). The van der Waals surface area contributed by atoms with Gasteiger partial charge in [-0.25, -0.2) is 0 Å². The highest BCUT2D eigenvalue weighted by Gasteiger charge is 2.82. The maximum absolute atomic E-state index is 11.9. The molecule has 0 amide bonds. The van der Waals surface area contributed by atoms with Gasteiger partial charge >= 0.3 is 0 Å². The fourth-order valence-electron chi connectivity index (χ4n) is 14.9. The van der Waals surface area contributed by atoms with E-state index in [1.54, 1.807) is 0 Å². The molecule has 0 aromatic rings. The van der Waals surface area contributed by atoms with Crippen LogP contribution in [0.3, 0.4) is 0 Å². The minimum absolute atomic E-state index is 0.0303. The predicted molar refractivity (Wildman–Crippen MR) is 198 cm³/mol. The SMILES string of the molecule is CC1(C)CC[C@](O)([C@@H](CO)[C@H]2CC[C@@]3(C)[C@@H]4CC[C@H]5C(C)(C)[C@@H](O[C@@H]6O[C@H](CO[C@@H]7O[C@H](CO)[C@@H](O)[C@H](O)[C@H]7O)[C@@H](O)[C@H](O)[C@H]6O)CC[C@@]56C[C@@]46CC[C@]23C)O1. The Balaban J connectivity index is 0.952. The monoisotopic (exact) mass is 798 g/mol. The molecule has 0 bridgehead atoms. The van der Waals surface area contributed by atoms with Crippen molar-refractivity contribution in [3.8, 4) is 0 Å². The zero-order valence-electron chi connectivity index (χ0n) is 34.1. The summed E-state index contributed by atoms with van der Waals surface area (Å²) in [5, 5.41) is 95.8. The molecule has 5 saturated carbocycles. The summed E-state index contributed by atoms with van der Waals surface area (Å²) in [7, 11) is 0. The van der Waals surface area contributed by atoms with Crippen LogP contribution in [0.25, 0.3) is 0 Å². The summed E-state index contributed by atoms with van der Waals surface area (Å²) in [5.74, 6) is -0.547. The molecule has 0 aromatic heterocycles. The van der Waals surface area contributed by atoms with E-state index in [0.717, 1.165) is 57.8 Å². The first-order valence-electron chi connectivity index (χ1n) is 21.5. The minimum atomic E-state index is -1.65. The average Bonchev–Trinajstić information content (AvgIpc) is 3.61. The Hall–Kier alpha value is -0.560. The Bertz CT molecular complexity index is 1460. The number of aliphatic hydroxyl groups excluding tert-OH is 8. The van der Waals surface area contributed by atoms with E-state index in [9.17, 15) is 46.0 Å². The van der Waals surface area contributed by atoms with Gasteiger partial charge in [0.1, 0.15) is 48.8 Å². The van der Waals surface area contributed by atoms with E-state index >= 15 is 0 Å². The molecule has 0 aromatic carbocycles. The van der Waals surface area contributed by atoms with E-state index in [-0.39, 0.29) is 51.6 Å². The molecule has 56 heavy (non-hydrogen) atoms. The molecule has 3 aliphatic heterocycles. The highest BCUT2D eigenvalue weighted by molar-refractivity contribution is 5.31. The second-order valence-electron chi connectivity index (χ2n) is 21.2. The van der Waals surface area contributed by atoms with Crippen LogP contribution in [0.5, 0.6) is 0 Å². The van der Waals surface area contributed by atoms with Gasteiger partial charge in [0, 0.05) is 12.3 Å². The van der Waals surface area contributed by atoms with E-state index in [1.165, 1.54) is 6.42 Å². The van der Waals surface area contributed by atoms with E-state index in [0.29, 0.717) is 18.3 Å². The number of hydrogen-bond acceptors (Lipinski definition) is 14. The van der Waals surface area contributed by atoms with Crippen molar-refractivity contribution in [2.45, 2.75) is 191 Å². The van der Waals surface area contributed by atoms with Crippen molar-refractivity contribution in [3.63, 3.8) is 0 Å². The Morgan fingerprint density at radius 3 is 1.89 bits per heavy atom. The van der Waals surface area contributed by atoms with Crippen LogP contribution in [0.1, 0.15) is 112 Å². The zero-order chi connectivity index (χ0) is 40.6. The van der Waals surface area contributed by atoms with Gasteiger partial charge in [-0.3, -0.25) is 0 Å². The molecule has 322 valence electrons. The normalized spacial score (nSPS) is 56.4. The molecular formula is C42H70O14. The van der Waals surface area contributed by atoms with Crippen LogP contribution >= 0.6 is 0 Å². The largest absolute Gasteiger partial charge is 0.396 e. The van der Waals surface area contributed by atoms with E-state index in [4.69, 9.17) is 23.7 Å². The molecule has 2 spiro atoms. The molecule has 8 fully saturated rings. The minimum Gasteiger partial charge on any atom is -0.396 e. The van der Waals surface area contributed by atoms with Gasteiger partial charge in [-0.15, -0.1) is 0 Å². The lowest BCUT2D eigenvalue weighted by molar-refractivity contribution is -0.343. The van der Waals surface area contributed by atoms with Gasteiger partial charge in [-0.05, 0) is 123 Å². The number of aliphatic hydroxyl groups is 9. The molecule has 8 aliphatic rings. The molecule has 0 unspecified atom stereocenters. The fourth-order valence-corrected chi connectivity index (χ4v) is 14.9. The van der Waals surface area contributed by atoms with Crippen molar-refractivity contribution in [1.82, 2.24) is 0 Å². The number of hydrogen-bond donors (Lipinski definition) is 9. The summed E-state index contributed by atoms with van der Waals surface area (Å²) in [6.07, 6.45) is -4.28. The molecule has 9 N–H and O–H groups in total. The summed E-state index contributed by atoms with van der Waals surface area (Å²) in [6.45, 7) is 12.4. The molecule has 14 heteroatoms. The molecule has 0 radical (unpaired) electrons. The van der Waals surface area contributed by atoms with Crippen molar-refractivity contribution in [1.29, 1.82) is 0 Å². The number of ether oxygens (including phenoxy) is 5. The molecule has 3 heterocycles. The molecule has 3 saturated heterocycles. The molecule has 5 aliphatic carbocycles. The first kappa shape index (κ1) is 42.1. The highest BCUT2D eigenvalue weighted by atomic mass is 16.7. The van der Waals surface area contributed by atoms with Gasteiger partial charge in [-0.1, -0.05) is 27.7 Å². The quantitative estimate of drug-likeness (QED) is 0.150. The number of fused-ring (bicyclic) bond motifs is 2. The zero-order valence-corrected chi connectivity index (χ0v) is 34.1. The van der Waals surface area contributed by atoms with Crippen molar-refractivity contribution >= 4 is 0 Å². The lowest BCUT2D eigenvalue weighted by atomic mass is 9.41. The van der Waals surface area contributed by atoms with E-state index in [2.05, 4.69) is 27.7 Å². The third-order valence-corrected chi connectivity index (χ3v) is 18.2. The lowest BCUT2D eigenvalue weighted by Gasteiger charge is -2.64. The van der Waals surface area contributed by atoms with Crippen LogP contribution in [0.4, 0.5) is 0 Å². The Kier molecular flexibility index (Phi) is 10.5. The van der Waals surface area contributed by atoms with Crippen molar-refractivity contribution in [2.75, 3.05) is 19.8 Å². The van der Waals surface area contributed by atoms with Gasteiger partial charge in [0.15, 0.2) is 18.4 Å². The van der Waals surface area contributed by atoms with Gasteiger partial charge in [-0.2, -0.15) is 0 Å². The van der Waals surface area contributed by atoms with Crippen molar-refractivity contribution in [3.05, 3.63) is 0 Å². The predicted octanol–water partition coefficient (Wildman–Crippen LogP) is 1.32. The van der Waals surface area contributed by atoms with Crippen LogP contribution in [-0.4, -0.2) is 145 Å².